The van der Waals surface area contributed by atoms with Crippen molar-refractivity contribution in [3.8, 4) is 0 Å². The molecule has 1 aliphatic rings. The van der Waals surface area contributed by atoms with Crippen LogP contribution >= 0.6 is 0 Å². The van der Waals surface area contributed by atoms with E-state index < -0.39 is 14.8 Å². The van der Waals surface area contributed by atoms with Crippen LogP contribution in [0.5, 0.6) is 0 Å². The topological polar surface area (TPSA) is 102 Å². The van der Waals surface area contributed by atoms with Gasteiger partial charge in [0.1, 0.15) is 12.0 Å². The molecule has 0 spiro atoms. The van der Waals surface area contributed by atoms with Gasteiger partial charge in [-0.15, -0.1) is 0 Å². The lowest BCUT2D eigenvalue weighted by atomic mass is 10.2. The SMILES string of the molecule is O=[N+]([O-])c1ccc(N[C@@H]2CCS(=O)(=O)C2)nc1. The van der Waals surface area contributed by atoms with Gasteiger partial charge in [0, 0.05) is 12.1 Å². The fourth-order valence-electron chi connectivity index (χ4n) is 1.70. The Labute approximate surface area is 97.9 Å². The number of hydrogen-bond acceptors (Lipinski definition) is 6. The van der Waals surface area contributed by atoms with Crippen molar-refractivity contribution in [1.29, 1.82) is 0 Å². The van der Waals surface area contributed by atoms with Crippen LogP contribution in [0.4, 0.5) is 11.5 Å². The Kier molecular flexibility index (Phi) is 2.97. The van der Waals surface area contributed by atoms with Crippen molar-refractivity contribution in [2.45, 2.75) is 12.5 Å². The van der Waals surface area contributed by atoms with Crippen LogP contribution in [0.25, 0.3) is 0 Å². The second-order valence-electron chi connectivity index (χ2n) is 3.90. The molecule has 92 valence electrons. The number of nitro groups is 1. The van der Waals surface area contributed by atoms with Crippen molar-refractivity contribution in [2.24, 2.45) is 0 Å². The average molecular weight is 257 g/mol. The highest BCUT2D eigenvalue weighted by Gasteiger charge is 2.27. The standard InChI is InChI=1S/C9H11N3O4S/c13-12(14)8-1-2-9(10-5-8)11-7-3-4-17(15,16)6-7/h1-2,5,7H,3-4,6H2,(H,10,11)/t7-/m1/s1. The van der Waals surface area contributed by atoms with Gasteiger partial charge in [-0.2, -0.15) is 0 Å². The zero-order chi connectivity index (χ0) is 12.5. The molecule has 0 amide bonds. The van der Waals surface area contributed by atoms with Gasteiger partial charge in [0.05, 0.1) is 16.4 Å². The van der Waals surface area contributed by atoms with Crippen LogP contribution in [0.2, 0.25) is 0 Å². The Bertz CT molecular complexity index is 526. The molecule has 0 aliphatic carbocycles. The average Bonchev–Trinajstić information content (AvgIpc) is 2.59. The molecular formula is C9H11N3O4S. The van der Waals surface area contributed by atoms with E-state index in [0.29, 0.717) is 12.2 Å². The van der Waals surface area contributed by atoms with Crippen LogP contribution < -0.4 is 5.32 Å². The van der Waals surface area contributed by atoms with Gasteiger partial charge >= 0.3 is 0 Å². The lowest BCUT2D eigenvalue weighted by Gasteiger charge is -2.10. The second-order valence-corrected chi connectivity index (χ2v) is 6.13. The lowest BCUT2D eigenvalue weighted by Crippen LogP contribution is -2.21. The summed E-state index contributed by atoms with van der Waals surface area (Å²) in [5.74, 6) is 0.723. The van der Waals surface area contributed by atoms with Gasteiger partial charge in [-0.1, -0.05) is 0 Å². The summed E-state index contributed by atoms with van der Waals surface area (Å²) in [4.78, 5) is 13.7. The first kappa shape index (κ1) is 11.8. The molecule has 2 heterocycles. The number of nitrogens with zero attached hydrogens (tertiary/aromatic N) is 2. The largest absolute Gasteiger partial charge is 0.366 e. The Morgan fingerprint density at radius 1 is 1.47 bits per heavy atom. The lowest BCUT2D eigenvalue weighted by molar-refractivity contribution is -0.385. The molecule has 1 saturated heterocycles. The molecule has 0 radical (unpaired) electrons. The number of aromatic nitrogens is 1. The highest BCUT2D eigenvalue weighted by atomic mass is 32.2. The molecular weight excluding hydrogens is 246 g/mol. The first-order valence-corrected chi connectivity index (χ1v) is 6.86. The fraction of sp³-hybridized carbons (Fsp3) is 0.444. The maximum Gasteiger partial charge on any atom is 0.287 e. The third-order valence-electron chi connectivity index (χ3n) is 2.54. The summed E-state index contributed by atoms with van der Waals surface area (Å²) in [6, 6.07) is 2.65. The van der Waals surface area contributed by atoms with E-state index in [2.05, 4.69) is 10.3 Å². The summed E-state index contributed by atoms with van der Waals surface area (Å²) in [5, 5.41) is 13.4. The van der Waals surface area contributed by atoms with Crippen LogP contribution in [-0.4, -0.2) is 35.9 Å². The molecule has 0 aromatic carbocycles. The van der Waals surface area contributed by atoms with E-state index in [1.807, 2.05) is 0 Å². The molecule has 0 saturated carbocycles. The van der Waals surface area contributed by atoms with E-state index in [9.17, 15) is 18.5 Å². The summed E-state index contributed by atoms with van der Waals surface area (Å²) in [7, 11) is -2.94. The molecule has 1 aromatic rings. The molecule has 0 unspecified atom stereocenters. The number of hydrogen-bond donors (Lipinski definition) is 1. The van der Waals surface area contributed by atoms with Crippen molar-refractivity contribution in [1.82, 2.24) is 4.98 Å². The van der Waals surface area contributed by atoms with Gasteiger partial charge in [0.25, 0.3) is 5.69 Å². The summed E-state index contributed by atoms with van der Waals surface area (Å²) in [5.41, 5.74) is -0.0883. The molecule has 1 aromatic heterocycles. The van der Waals surface area contributed by atoms with Crippen LogP contribution in [0, 0.1) is 10.1 Å². The zero-order valence-electron chi connectivity index (χ0n) is 8.87. The fourth-order valence-corrected chi connectivity index (χ4v) is 3.37. The number of pyridine rings is 1. The van der Waals surface area contributed by atoms with Gasteiger partial charge < -0.3 is 5.32 Å². The molecule has 7 nitrogen and oxygen atoms in total. The van der Waals surface area contributed by atoms with E-state index in [1.165, 1.54) is 12.1 Å². The van der Waals surface area contributed by atoms with Gasteiger partial charge in [-0.05, 0) is 12.5 Å². The number of nitrogens with one attached hydrogen (secondary N) is 1. The van der Waals surface area contributed by atoms with E-state index >= 15 is 0 Å². The molecule has 1 aliphatic heterocycles. The highest BCUT2D eigenvalue weighted by molar-refractivity contribution is 7.91. The Morgan fingerprint density at radius 3 is 2.71 bits per heavy atom. The van der Waals surface area contributed by atoms with Crippen molar-refractivity contribution >= 4 is 21.3 Å². The summed E-state index contributed by atoms with van der Waals surface area (Å²) >= 11 is 0. The Hall–Kier alpha value is -1.70. The predicted octanol–water partition coefficient (Wildman–Crippen LogP) is 0.589. The van der Waals surface area contributed by atoms with Crippen LogP contribution in [0.3, 0.4) is 0 Å². The molecule has 1 atom stereocenters. The molecule has 0 bridgehead atoms. The number of sulfone groups is 1. The van der Waals surface area contributed by atoms with E-state index in [4.69, 9.17) is 0 Å². The maximum atomic E-state index is 11.2. The van der Waals surface area contributed by atoms with Crippen molar-refractivity contribution < 1.29 is 13.3 Å². The molecule has 1 N–H and O–H groups in total. The minimum absolute atomic E-state index is 0.0883. The van der Waals surface area contributed by atoms with Crippen molar-refractivity contribution in [3.05, 3.63) is 28.4 Å². The summed E-state index contributed by atoms with van der Waals surface area (Å²) in [6.07, 6.45) is 1.69. The molecule has 8 heteroatoms. The highest BCUT2D eigenvalue weighted by Crippen LogP contribution is 2.17. The Morgan fingerprint density at radius 2 is 2.24 bits per heavy atom. The first-order valence-electron chi connectivity index (χ1n) is 5.04. The minimum Gasteiger partial charge on any atom is -0.366 e. The zero-order valence-corrected chi connectivity index (χ0v) is 9.68. The van der Waals surface area contributed by atoms with E-state index in [0.717, 1.165) is 6.20 Å². The molecule has 2 rings (SSSR count). The summed E-state index contributed by atoms with van der Waals surface area (Å²) < 4.78 is 22.4. The van der Waals surface area contributed by atoms with E-state index in [1.54, 1.807) is 0 Å². The smallest absolute Gasteiger partial charge is 0.287 e. The first-order chi connectivity index (χ1) is 7.96. The third kappa shape index (κ3) is 2.90. The quantitative estimate of drug-likeness (QED) is 0.628. The molecule has 17 heavy (non-hydrogen) atoms. The van der Waals surface area contributed by atoms with Gasteiger partial charge in [-0.3, -0.25) is 10.1 Å². The number of rotatable bonds is 3. The van der Waals surface area contributed by atoms with Crippen LogP contribution in [0.1, 0.15) is 6.42 Å². The van der Waals surface area contributed by atoms with Gasteiger partial charge in [0.2, 0.25) is 0 Å². The Balaban J connectivity index is 2.03. The number of anilines is 1. The van der Waals surface area contributed by atoms with Crippen molar-refractivity contribution in [2.75, 3.05) is 16.8 Å². The van der Waals surface area contributed by atoms with Crippen LogP contribution in [0.15, 0.2) is 18.3 Å². The van der Waals surface area contributed by atoms with Gasteiger partial charge in [-0.25, -0.2) is 13.4 Å². The monoisotopic (exact) mass is 257 g/mol. The minimum atomic E-state index is -2.94. The maximum absolute atomic E-state index is 11.2. The molecule has 1 fully saturated rings. The van der Waals surface area contributed by atoms with Crippen LogP contribution in [-0.2, 0) is 9.84 Å². The predicted molar refractivity (Wildman–Crippen MR) is 61.6 cm³/mol. The third-order valence-corrected chi connectivity index (χ3v) is 4.31. The normalized spacial score (nSPS) is 22.2. The van der Waals surface area contributed by atoms with Crippen molar-refractivity contribution in [3.63, 3.8) is 0 Å². The van der Waals surface area contributed by atoms with Gasteiger partial charge in [0.15, 0.2) is 9.84 Å². The second kappa shape index (κ2) is 4.28. The van der Waals surface area contributed by atoms with E-state index in [-0.39, 0.29) is 23.2 Å². The summed E-state index contributed by atoms with van der Waals surface area (Å²) in [6.45, 7) is 0.